The SMILES string of the molecule is CNC(C)C(=O)CN1CCNCC1. The highest BCUT2D eigenvalue weighted by Crippen LogP contribution is 1.94. The van der Waals surface area contributed by atoms with E-state index in [2.05, 4.69) is 15.5 Å². The average molecular weight is 185 g/mol. The highest BCUT2D eigenvalue weighted by molar-refractivity contribution is 5.85. The number of ketones is 1. The van der Waals surface area contributed by atoms with Gasteiger partial charge in [-0.05, 0) is 14.0 Å². The first kappa shape index (κ1) is 10.6. The van der Waals surface area contributed by atoms with Crippen LogP contribution in [0.5, 0.6) is 0 Å². The van der Waals surface area contributed by atoms with Crippen LogP contribution in [0.25, 0.3) is 0 Å². The third-order valence-corrected chi connectivity index (χ3v) is 2.51. The maximum atomic E-state index is 11.5. The summed E-state index contributed by atoms with van der Waals surface area (Å²) in [5.74, 6) is 0.282. The number of nitrogens with one attached hydrogen (secondary N) is 2. The minimum atomic E-state index is -0.0186. The summed E-state index contributed by atoms with van der Waals surface area (Å²) in [4.78, 5) is 13.7. The lowest BCUT2D eigenvalue weighted by molar-refractivity contribution is -0.121. The summed E-state index contributed by atoms with van der Waals surface area (Å²) in [5.41, 5.74) is 0. The third kappa shape index (κ3) is 3.42. The monoisotopic (exact) mass is 185 g/mol. The van der Waals surface area contributed by atoms with Crippen molar-refractivity contribution in [3.63, 3.8) is 0 Å². The van der Waals surface area contributed by atoms with Crippen LogP contribution >= 0.6 is 0 Å². The van der Waals surface area contributed by atoms with E-state index in [9.17, 15) is 4.79 Å². The van der Waals surface area contributed by atoms with Crippen molar-refractivity contribution in [1.29, 1.82) is 0 Å². The number of piperazine rings is 1. The predicted octanol–water partition coefficient (Wildman–Crippen LogP) is -0.931. The fourth-order valence-corrected chi connectivity index (χ4v) is 1.39. The summed E-state index contributed by atoms with van der Waals surface area (Å²) in [5, 5.41) is 6.23. The van der Waals surface area contributed by atoms with E-state index < -0.39 is 0 Å². The standard InChI is InChI=1S/C9H19N3O/c1-8(10-2)9(13)7-12-5-3-11-4-6-12/h8,10-11H,3-7H2,1-2H3. The van der Waals surface area contributed by atoms with Gasteiger partial charge < -0.3 is 10.6 Å². The first-order valence-corrected chi connectivity index (χ1v) is 4.87. The normalized spacial score (nSPS) is 21.4. The van der Waals surface area contributed by atoms with Gasteiger partial charge in [0.15, 0.2) is 5.78 Å². The summed E-state index contributed by atoms with van der Waals surface area (Å²) in [6.45, 7) is 6.47. The molecule has 2 N–H and O–H groups in total. The van der Waals surface area contributed by atoms with Crippen LogP contribution in [-0.2, 0) is 4.79 Å². The van der Waals surface area contributed by atoms with E-state index in [-0.39, 0.29) is 11.8 Å². The van der Waals surface area contributed by atoms with Crippen LogP contribution < -0.4 is 10.6 Å². The molecule has 1 aliphatic rings. The molecule has 1 aliphatic heterocycles. The molecule has 0 amide bonds. The lowest BCUT2D eigenvalue weighted by atomic mass is 10.2. The van der Waals surface area contributed by atoms with Crippen LogP contribution in [0.2, 0.25) is 0 Å². The summed E-state index contributed by atoms with van der Waals surface area (Å²) in [6, 6.07) is -0.0186. The molecule has 4 heteroatoms. The molecule has 0 bridgehead atoms. The van der Waals surface area contributed by atoms with Crippen LogP contribution in [0.15, 0.2) is 0 Å². The molecule has 1 rings (SSSR count). The Morgan fingerprint density at radius 2 is 2.15 bits per heavy atom. The van der Waals surface area contributed by atoms with E-state index >= 15 is 0 Å². The fraction of sp³-hybridized carbons (Fsp3) is 0.889. The van der Waals surface area contributed by atoms with E-state index in [1.54, 1.807) is 0 Å². The quantitative estimate of drug-likeness (QED) is 0.594. The Bertz CT molecular complexity index is 166. The molecule has 0 spiro atoms. The molecule has 76 valence electrons. The maximum absolute atomic E-state index is 11.5. The van der Waals surface area contributed by atoms with Crippen molar-refractivity contribution in [3.8, 4) is 0 Å². The van der Waals surface area contributed by atoms with Gasteiger partial charge in [0.1, 0.15) is 0 Å². The molecule has 1 atom stereocenters. The van der Waals surface area contributed by atoms with Gasteiger partial charge >= 0.3 is 0 Å². The second-order valence-corrected chi connectivity index (χ2v) is 3.50. The average Bonchev–Trinajstić information content (AvgIpc) is 2.18. The number of rotatable bonds is 4. The summed E-state index contributed by atoms with van der Waals surface area (Å²) < 4.78 is 0. The third-order valence-electron chi connectivity index (χ3n) is 2.51. The zero-order valence-electron chi connectivity index (χ0n) is 8.47. The van der Waals surface area contributed by atoms with Gasteiger partial charge in [0.2, 0.25) is 0 Å². The van der Waals surface area contributed by atoms with Gasteiger partial charge in [0.05, 0.1) is 12.6 Å². The van der Waals surface area contributed by atoms with Crippen molar-refractivity contribution in [3.05, 3.63) is 0 Å². The highest BCUT2D eigenvalue weighted by Gasteiger charge is 2.16. The molecule has 0 aromatic carbocycles. The topological polar surface area (TPSA) is 44.4 Å². The van der Waals surface area contributed by atoms with E-state index in [0.717, 1.165) is 26.2 Å². The van der Waals surface area contributed by atoms with Crippen molar-refractivity contribution < 1.29 is 4.79 Å². The predicted molar refractivity (Wildman–Crippen MR) is 52.8 cm³/mol. The molecule has 1 unspecified atom stereocenters. The van der Waals surface area contributed by atoms with Gasteiger partial charge in [-0.1, -0.05) is 0 Å². The van der Waals surface area contributed by atoms with E-state index in [1.807, 2.05) is 14.0 Å². The Labute approximate surface area is 79.7 Å². The Morgan fingerprint density at radius 1 is 1.54 bits per heavy atom. The number of Topliss-reactive ketones (excluding diaryl/α,β-unsaturated/α-hetero) is 1. The van der Waals surface area contributed by atoms with Crippen molar-refractivity contribution in [1.82, 2.24) is 15.5 Å². The highest BCUT2D eigenvalue weighted by atomic mass is 16.1. The molecular weight excluding hydrogens is 166 g/mol. The number of carbonyl (C=O) groups is 1. The van der Waals surface area contributed by atoms with Crippen LogP contribution in [0, 0.1) is 0 Å². The number of hydrogen-bond acceptors (Lipinski definition) is 4. The zero-order chi connectivity index (χ0) is 9.68. The summed E-state index contributed by atoms with van der Waals surface area (Å²) in [6.07, 6.45) is 0. The Kier molecular flexibility index (Phi) is 4.35. The Hall–Kier alpha value is -0.450. The lowest BCUT2D eigenvalue weighted by Gasteiger charge is -2.27. The lowest BCUT2D eigenvalue weighted by Crippen LogP contribution is -2.48. The molecule has 0 radical (unpaired) electrons. The van der Waals surface area contributed by atoms with E-state index in [1.165, 1.54) is 0 Å². The Balaban J connectivity index is 2.26. The number of carbonyl (C=O) groups excluding carboxylic acids is 1. The molecule has 0 aromatic rings. The van der Waals surface area contributed by atoms with Crippen molar-refractivity contribution in [2.45, 2.75) is 13.0 Å². The van der Waals surface area contributed by atoms with Crippen LogP contribution in [0.1, 0.15) is 6.92 Å². The number of nitrogens with zero attached hydrogens (tertiary/aromatic N) is 1. The van der Waals surface area contributed by atoms with E-state index in [4.69, 9.17) is 0 Å². The number of likely N-dealkylation sites (N-methyl/N-ethyl adjacent to an activating group) is 1. The molecule has 1 fully saturated rings. The van der Waals surface area contributed by atoms with Crippen LogP contribution in [0.3, 0.4) is 0 Å². The molecule has 13 heavy (non-hydrogen) atoms. The number of hydrogen-bond donors (Lipinski definition) is 2. The summed E-state index contributed by atoms with van der Waals surface area (Å²) >= 11 is 0. The maximum Gasteiger partial charge on any atom is 0.163 e. The second kappa shape index (κ2) is 5.32. The second-order valence-electron chi connectivity index (χ2n) is 3.50. The van der Waals surface area contributed by atoms with E-state index in [0.29, 0.717) is 6.54 Å². The van der Waals surface area contributed by atoms with Gasteiger partial charge in [-0.15, -0.1) is 0 Å². The smallest absolute Gasteiger partial charge is 0.163 e. The molecule has 0 aliphatic carbocycles. The largest absolute Gasteiger partial charge is 0.314 e. The first-order chi connectivity index (χ1) is 6.24. The summed E-state index contributed by atoms with van der Waals surface area (Å²) in [7, 11) is 1.82. The van der Waals surface area contributed by atoms with Gasteiger partial charge in [0.25, 0.3) is 0 Å². The van der Waals surface area contributed by atoms with Crippen LogP contribution in [-0.4, -0.2) is 56.5 Å². The van der Waals surface area contributed by atoms with Crippen molar-refractivity contribution in [2.24, 2.45) is 0 Å². The van der Waals surface area contributed by atoms with Gasteiger partial charge in [-0.3, -0.25) is 9.69 Å². The minimum Gasteiger partial charge on any atom is -0.314 e. The van der Waals surface area contributed by atoms with Gasteiger partial charge in [-0.2, -0.15) is 0 Å². The molecule has 0 aromatic heterocycles. The molecule has 0 saturated carbocycles. The van der Waals surface area contributed by atoms with Crippen molar-refractivity contribution in [2.75, 3.05) is 39.8 Å². The Morgan fingerprint density at radius 3 is 2.69 bits per heavy atom. The first-order valence-electron chi connectivity index (χ1n) is 4.87. The zero-order valence-corrected chi connectivity index (χ0v) is 8.47. The van der Waals surface area contributed by atoms with Gasteiger partial charge in [-0.25, -0.2) is 0 Å². The van der Waals surface area contributed by atoms with Crippen LogP contribution in [0.4, 0.5) is 0 Å². The van der Waals surface area contributed by atoms with Gasteiger partial charge in [0, 0.05) is 26.2 Å². The van der Waals surface area contributed by atoms with Crippen molar-refractivity contribution >= 4 is 5.78 Å². The molecule has 1 saturated heterocycles. The molecule has 4 nitrogen and oxygen atoms in total. The minimum absolute atomic E-state index is 0.0186. The molecular formula is C9H19N3O. The fourth-order valence-electron chi connectivity index (χ4n) is 1.39. The molecule has 1 heterocycles.